The first-order valence-electron chi connectivity index (χ1n) is 0.224. The molecule has 37 valence electrons. The van der Waals surface area contributed by atoms with Crippen LogP contribution in [0.4, 0.5) is 0 Å². The third-order valence-corrected chi connectivity index (χ3v) is 0. The Labute approximate surface area is 62.9 Å². The fourth-order valence-electron chi connectivity index (χ4n) is 0. The van der Waals surface area contributed by atoms with Crippen molar-refractivity contribution in [3.63, 3.8) is 0 Å². The zero-order chi connectivity index (χ0) is 2.00. The molecule has 0 N–H and O–H groups in total. The van der Waals surface area contributed by atoms with Crippen LogP contribution in [0.25, 0.3) is 0 Å². The van der Waals surface area contributed by atoms with Gasteiger partial charge in [0.15, 0.2) is 0 Å². The molecule has 0 aliphatic rings. The van der Waals surface area contributed by atoms with Gasteiger partial charge in [-0.2, -0.15) is 0 Å². The predicted octanol–water partition coefficient (Wildman–Crippen LogP) is 0.0889. The number of hydrogen-bond acceptors (Lipinski definition) is 1. The molecule has 0 amide bonds. The summed E-state index contributed by atoms with van der Waals surface area (Å²) in [5.74, 6) is 0. The number of hydrogen-bond donors (Lipinski definition) is 0. The molecular weight excluding hydrogens is 201 g/mol. The van der Waals surface area contributed by atoms with Gasteiger partial charge in [0.25, 0.3) is 0 Å². The Morgan fingerprint density at radius 3 is 1.00 bits per heavy atom. The van der Waals surface area contributed by atoms with Crippen molar-refractivity contribution >= 4 is 0 Å². The summed E-state index contributed by atoms with van der Waals surface area (Å²) in [5, 5.41) is 6.25. The number of rotatable bonds is 0. The van der Waals surface area contributed by atoms with Crippen molar-refractivity contribution in [1.82, 2.24) is 0 Å². The van der Waals surface area contributed by atoms with Crippen LogP contribution in [0.2, 0.25) is 0 Å². The largest absolute Gasteiger partial charge is 0.512 e. The Morgan fingerprint density at radius 2 is 1.00 bits per heavy atom. The molecule has 0 aliphatic carbocycles. The molecule has 0 atom stereocenters. The maximum absolute atomic E-state index is 6.25. The van der Waals surface area contributed by atoms with E-state index in [0.29, 0.717) is 0 Å². The van der Waals surface area contributed by atoms with Gasteiger partial charge >= 0.3 is 0 Å². The standard InChI is InChI=1S/CN.Cu.2Fe/c1-2;;;/q-1;;;. The van der Waals surface area contributed by atoms with E-state index in [9.17, 15) is 0 Å². The van der Waals surface area contributed by atoms with Crippen LogP contribution in [0.3, 0.4) is 0 Å². The third-order valence-electron chi connectivity index (χ3n) is 0. The van der Waals surface area contributed by atoms with Crippen molar-refractivity contribution in [3.05, 3.63) is 6.57 Å². The minimum Gasteiger partial charge on any atom is -0.512 e. The van der Waals surface area contributed by atoms with Gasteiger partial charge in [0.1, 0.15) is 0 Å². The molecule has 1 radical (unpaired) electrons. The van der Waals surface area contributed by atoms with Crippen molar-refractivity contribution in [2.75, 3.05) is 0 Å². The molecule has 0 bridgehead atoms. The minimum atomic E-state index is 0. The molecule has 5 heavy (non-hydrogen) atoms. The van der Waals surface area contributed by atoms with Gasteiger partial charge in [-0.05, 0) is 0 Å². The van der Waals surface area contributed by atoms with Crippen LogP contribution < -0.4 is 0 Å². The normalized spacial score (nSPS) is 0.400. The third kappa shape index (κ3) is 42.7. The van der Waals surface area contributed by atoms with Gasteiger partial charge in [0.05, 0.1) is 0 Å². The molecular formula is CCuFe2N-. The Kier molecular flexibility index (Phi) is 553. The summed E-state index contributed by atoms with van der Waals surface area (Å²) >= 11 is 0. The molecule has 0 rings (SSSR count). The first-order chi connectivity index (χ1) is 1.00. The topological polar surface area (TPSA) is 23.8 Å². The second kappa shape index (κ2) is 75.3. The van der Waals surface area contributed by atoms with Gasteiger partial charge in [-0.3, -0.25) is 0 Å². The molecule has 0 aromatic carbocycles. The van der Waals surface area contributed by atoms with E-state index >= 15 is 0 Å². The fraction of sp³-hybridized carbons (Fsp3) is 0. The van der Waals surface area contributed by atoms with E-state index in [0.717, 1.165) is 0 Å². The molecule has 0 aromatic rings. The van der Waals surface area contributed by atoms with Crippen LogP contribution in [-0.4, -0.2) is 0 Å². The zero-order valence-corrected chi connectivity index (χ0v) is 5.11. The molecule has 0 saturated carbocycles. The maximum Gasteiger partial charge on any atom is 0 e. The average molecular weight is 201 g/mol. The van der Waals surface area contributed by atoms with E-state index in [4.69, 9.17) is 11.8 Å². The quantitative estimate of drug-likeness (QED) is 0.402. The van der Waals surface area contributed by atoms with Crippen LogP contribution in [0, 0.1) is 11.8 Å². The van der Waals surface area contributed by atoms with Crippen molar-refractivity contribution in [2.24, 2.45) is 0 Å². The van der Waals surface area contributed by atoms with Crippen LogP contribution >= 0.6 is 0 Å². The summed E-state index contributed by atoms with van der Waals surface area (Å²) < 4.78 is 0. The Morgan fingerprint density at radius 1 is 1.00 bits per heavy atom. The smallest absolute Gasteiger partial charge is 0 e. The van der Waals surface area contributed by atoms with Gasteiger partial charge in [-0.25, -0.2) is 0 Å². The molecule has 1 nitrogen and oxygen atoms in total. The SMILES string of the molecule is [C-]#N.[Cu].[Fe].[Fe]. The molecule has 0 heterocycles. The van der Waals surface area contributed by atoms with Crippen LogP contribution in [0.15, 0.2) is 0 Å². The van der Waals surface area contributed by atoms with Crippen LogP contribution in [-0.2, 0) is 51.2 Å². The Balaban J connectivity index is -0.00000000167. The van der Waals surface area contributed by atoms with E-state index in [1.54, 1.807) is 0 Å². The number of nitrogens with zero attached hydrogens (tertiary/aromatic N) is 1. The van der Waals surface area contributed by atoms with Gasteiger partial charge in [-0.1, -0.05) is 0 Å². The second-order valence-electron chi connectivity index (χ2n) is 0. The first-order valence-corrected chi connectivity index (χ1v) is 0.224. The summed E-state index contributed by atoms with van der Waals surface area (Å²) in [6, 6.07) is 0. The van der Waals surface area contributed by atoms with Gasteiger partial charge in [0.2, 0.25) is 0 Å². The van der Waals surface area contributed by atoms with Crippen molar-refractivity contribution in [2.45, 2.75) is 0 Å². The van der Waals surface area contributed by atoms with E-state index in [2.05, 4.69) is 0 Å². The van der Waals surface area contributed by atoms with Gasteiger partial charge in [0, 0.05) is 51.2 Å². The molecule has 0 spiro atoms. The van der Waals surface area contributed by atoms with E-state index in [1.165, 1.54) is 0 Å². The van der Waals surface area contributed by atoms with E-state index in [1.807, 2.05) is 0 Å². The van der Waals surface area contributed by atoms with Crippen LogP contribution in [0.5, 0.6) is 0 Å². The molecule has 0 fully saturated rings. The predicted molar refractivity (Wildman–Crippen MR) is 4.97 cm³/mol. The first kappa shape index (κ1) is 36.7. The summed E-state index contributed by atoms with van der Waals surface area (Å²) in [6.45, 7) is 4.75. The van der Waals surface area contributed by atoms with E-state index < -0.39 is 0 Å². The van der Waals surface area contributed by atoms with Gasteiger partial charge in [-0.15, -0.1) is 0 Å². The average Bonchev–Trinajstić information content (AvgIpc) is 1.00. The zero-order valence-electron chi connectivity index (χ0n) is 1.96. The summed E-state index contributed by atoms with van der Waals surface area (Å²) in [7, 11) is 0. The Bertz CT molecular complexity index is 14.4. The monoisotopic (exact) mass is 201 g/mol. The maximum atomic E-state index is 6.25. The molecule has 4 heteroatoms. The summed E-state index contributed by atoms with van der Waals surface area (Å²) in [4.78, 5) is 0. The molecule has 0 aromatic heterocycles. The minimum absolute atomic E-state index is 0. The van der Waals surface area contributed by atoms with Gasteiger partial charge < -0.3 is 11.8 Å². The Hall–Kier alpha value is 1.05. The van der Waals surface area contributed by atoms with Crippen molar-refractivity contribution in [1.29, 1.82) is 5.26 Å². The molecule has 0 saturated heterocycles. The van der Waals surface area contributed by atoms with Crippen molar-refractivity contribution < 1.29 is 51.2 Å². The van der Waals surface area contributed by atoms with Crippen LogP contribution in [0.1, 0.15) is 0 Å². The summed E-state index contributed by atoms with van der Waals surface area (Å²) in [6.07, 6.45) is 0. The van der Waals surface area contributed by atoms with Crippen molar-refractivity contribution in [3.8, 4) is 0 Å². The molecule has 0 aliphatic heterocycles. The van der Waals surface area contributed by atoms with E-state index in [-0.39, 0.29) is 51.2 Å². The second-order valence-corrected chi connectivity index (χ2v) is 0. The fourth-order valence-corrected chi connectivity index (χ4v) is 0. The summed E-state index contributed by atoms with van der Waals surface area (Å²) in [5.41, 5.74) is 0. The molecule has 0 unspecified atom stereocenters.